The maximum Gasteiger partial charge on any atom is 0.132 e. The minimum Gasteiger partial charge on any atom is -0.507 e. The molecular weight excluding hydrogens is 394 g/mol. The van der Waals surface area contributed by atoms with Crippen molar-refractivity contribution in [3.8, 4) is 11.5 Å². The molecule has 0 fully saturated rings. The van der Waals surface area contributed by atoms with Crippen LogP contribution in [0.25, 0.3) is 0 Å². The van der Waals surface area contributed by atoms with E-state index in [1.54, 1.807) is 0 Å². The molecule has 1 rings (SSSR count). The van der Waals surface area contributed by atoms with Crippen LogP contribution in [0.4, 0.5) is 0 Å². The lowest BCUT2D eigenvalue weighted by molar-refractivity contribution is 0.444. The monoisotopic (exact) mass is 404 g/mol. The Kier molecular flexibility index (Phi) is 4.08. The molecule has 0 amide bonds. The van der Waals surface area contributed by atoms with Gasteiger partial charge in [-0.15, -0.1) is 0 Å². The van der Waals surface area contributed by atoms with Crippen LogP contribution in [-0.4, -0.2) is 10.2 Å². The molecule has 0 aliphatic carbocycles. The number of phenols is 2. The molecule has 0 bridgehead atoms. The van der Waals surface area contributed by atoms with Gasteiger partial charge in [-0.1, -0.05) is 13.3 Å². The van der Waals surface area contributed by atoms with Crippen molar-refractivity contribution in [2.24, 2.45) is 0 Å². The number of aromatic hydroxyl groups is 2. The van der Waals surface area contributed by atoms with Crippen molar-refractivity contribution < 1.29 is 10.2 Å². The quantitative estimate of drug-likeness (QED) is 0.744. The van der Waals surface area contributed by atoms with Crippen LogP contribution < -0.4 is 0 Å². The average molecular weight is 404 g/mol. The van der Waals surface area contributed by atoms with E-state index in [1.165, 1.54) is 6.07 Å². The lowest BCUT2D eigenvalue weighted by Gasteiger charge is -2.09. The molecule has 1 aromatic rings. The van der Waals surface area contributed by atoms with Crippen LogP contribution in [0, 0.1) is 7.14 Å². The fraction of sp³-hybridized carbons (Fsp3) is 0.333. The highest BCUT2D eigenvalue weighted by Gasteiger charge is 2.12. The smallest absolute Gasteiger partial charge is 0.132 e. The van der Waals surface area contributed by atoms with Crippen molar-refractivity contribution in [1.29, 1.82) is 0 Å². The molecule has 1 aromatic carbocycles. The van der Waals surface area contributed by atoms with Crippen LogP contribution >= 0.6 is 45.2 Å². The summed E-state index contributed by atoms with van der Waals surface area (Å²) < 4.78 is 1.70. The minimum atomic E-state index is 0.168. The number of hydrogen-bond acceptors (Lipinski definition) is 2. The van der Waals surface area contributed by atoms with Gasteiger partial charge in [0.05, 0.1) is 7.14 Å². The van der Waals surface area contributed by atoms with E-state index >= 15 is 0 Å². The van der Waals surface area contributed by atoms with E-state index < -0.39 is 0 Å². The van der Waals surface area contributed by atoms with Crippen LogP contribution in [0.3, 0.4) is 0 Å². The Morgan fingerprint density at radius 2 is 1.62 bits per heavy atom. The van der Waals surface area contributed by atoms with E-state index in [2.05, 4.69) is 52.1 Å². The van der Waals surface area contributed by atoms with Crippen LogP contribution in [0.5, 0.6) is 11.5 Å². The van der Waals surface area contributed by atoms with Crippen molar-refractivity contribution in [2.75, 3.05) is 0 Å². The molecule has 72 valence electrons. The molecule has 0 spiro atoms. The van der Waals surface area contributed by atoms with Gasteiger partial charge in [-0.25, -0.2) is 0 Å². The Morgan fingerprint density at radius 1 is 1.15 bits per heavy atom. The van der Waals surface area contributed by atoms with Crippen LogP contribution in [0.2, 0.25) is 0 Å². The highest BCUT2D eigenvalue weighted by molar-refractivity contribution is 14.1. The molecule has 2 N–H and O–H groups in total. The van der Waals surface area contributed by atoms with Gasteiger partial charge >= 0.3 is 0 Å². The number of benzene rings is 1. The van der Waals surface area contributed by atoms with Crippen molar-refractivity contribution in [2.45, 2.75) is 19.8 Å². The zero-order valence-corrected chi connectivity index (χ0v) is 11.5. The normalized spacial score (nSPS) is 10.4. The summed E-state index contributed by atoms with van der Waals surface area (Å²) in [6.07, 6.45) is 1.90. The first kappa shape index (κ1) is 11.4. The van der Waals surface area contributed by atoms with E-state index in [0.717, 1.165) is 25.5 Å². The van der Waals surface area contributed by atoms with Gasteiger partial charge in [0.25, 0.3) is 0 Å². The maximum absolute atomic E-state index is 9.46. The van der Waals surface area contributed by atoms with Crippen molar-refractivity contribution in [1.82, 2.24) is 0 Å². The van der Waals surface area contributed by atoms with Crippen molar-refractivity contribution >= 4 is 45.2 Å². The lowest BCUT2D eigenvalue weighted by Crippen LogP contribution is -1.94. The molecular formula is C9H10I2O2. The van der Waals surface area contributed by atoms with E-state index in [9.17, 15) is 10.2 Å². The summed E-state index contributed by atoms with van der Waals surface area (Å²) in [5.74, 6) is 0.337. The largest absolute Gasteiger partial charge is 0.507 e. The highest BCUT2D eigenvalue weighted by Crippen LogP contribution is 2.34. The fourth-order valence-corrected chi connectivity index (χ4v) is 3.04. The fourth-order valence-electron chi connectivity index (χ4n) is 1.13. The second kappa shape index (κ2) is 4.68. The number of halogens is 2. The summed E-state index contributed by atoms with van der Waals surface area (Å²) in [7, 11) is 0. The molecule has 0 saturated heterocycles. The number of rotatable bonds is 2. The Balaban J connectivity index is 3.28. The first-order valence-electron chi connectivity index (χ1n) is 3.96. The van der Waals surface area contributed by atoms with Gasteiger partial charge in [-0.05, 0) is 57.2 Å². The van der Waals surface area contributed by atoms with Crippen molar-refractivity contribution in [3.05, 3.63) is 18.8 Å². The van der Waals surface area contributed by atoms with Gasteiger partial charge in [-0.3, -0.25) is 0 Å². The molecule has 4 heteroatoms. The zero-order valence-electron chi connectivity index (χ0n) is 7.14. The van der Waals surface area contributed by atoms with E-state index in [1.807, 2.05) is 0 Å². The molecule has 0 atom stereocenters. The Bertz CT molecular complexity index is 298. The molecule has 2 nitrogen and oxygen atoms in total. The van der Waals surface area contributed by atoms with Gasteiger partial charge in [0.1, 0.15) is 11.5 Å². The van der Waals surface area contributed by atoms with Crippen LogP contribution in [-0.2, 0) is 6.42 Å². The third kappa shape index (κ3) is 2.39. The molecule has 0 aromatic heterocycles. The number of hydrogen-bond donors (Lipinski definition) is 2. The molecule has 0 radical (unpaired) electrons. The van der Waals surface area contributed by atoms with Crippen LogP contribution in [0.1, 0.15) is 18.9 Å². The van der Waals surface area contributed by atoms with Gasteiger partial charge in [0.2, 0.25) is 0 Å². The second-order valence-electron chi connectivity index (χ2n) is 2.77. The second-order valence-corrected chi connectivity index (χ2v) is 4.93. The summed E-state index contributed by atoms with van der Waals surface area (Å²) in [5.41, 5.74) is 1.04. The van der Waals surface area contributed by atoms with Gasteiger partial charge < -0.3 is 10.2 Å². The first-order valence-corrected chi connectivity index (χ1v) is 6.12. The number of phenolic OH excluding ortho intramolecular Hbond substituents is 2. The topological polar surface area (TPSA) is 40.5 Å². The van der Waals surface area contributed by atoms with E-state index in [4.69, 9.17) is 0 Å². The predicted molar refractivity (Wildman–Crippen MR) is 69.2 cm³/mol. The Hall–Kier alpha value is 0.280. The van der Waals surface area contributed by atoms with Gasteiger partial charge in [0, 0.05) is 6.07 Å². The highest BCUT2D eigenvalue weighted by atomic mass is 127. The first-order chi connectivity index (χ1) is 6.07. The standard InChI is InChI=1S/C9H10I2O2/c1-2-3-5-8(10)6(12)4-7(13)9(5)11/h4,12-13H,2-3H2,1H3. The predicted octanol–water partition coefficient (Wildman–Crippen LogP) is 3.26. The third-order valence-corrected chi connectivity index (χ3v) is 4.16. The lowest BCUT2D eigenvalue weighted by atomic mass is 10.1. The summed E-state index contributed by atoms with van der Waals surface area (Å²) in [4.78, 5) is 0. The molecule has 0 unspecified atom stereocenters. The summed E-state index contributed by atoms with van der Waals surface area (Å²) in [6, 6.07) is 1.39. The van der Waals surface area contributed by atoms with Gasteiger partial charge in [-0.2, -0.15) is 0 Å². The molecule has 0 saturated carbocycles. The maximum atomic E-state index is 9.46. The SMILES string of the molecule is CCCc1c(I)c(O)cc(O)c1I. The molecule has 0 aliphatic rings. The minimum absolute atomic E-state index is 0.168. The van der Waals surface area contributed by atoms with Crippen molar-refractivity contribution in [3.63, 3.8) is 0 Å². The molecule has 0 heterocycles. The van der Waals surface area contributed by atoms with E-state index in [-0.39, 0.29) is 11.5 Å². The van der Waals surface area contributed by atoms with Crippen LogP contribution in [0.15, 0.2) is 6.07 Å². The molecule has 13 heavy (non-hydrogen) atoms. The third-order valence-electron chi connectivity index (χ3n) is 1.75. The summed E-state index contributed by atoms with van der Waals surface area (Å²) in [6.45, 7) is 2.08. The van der Waals surface area contributed by atoms with E-state index in [0.29, 0.717) is 0 Å². The zero-order chi connectivity index (χ0) is 10.0. The summed E-state index contributed by atoms with van der Waals surface area (Å²) >= 11 is 4.21. The Labute approximate surface area is 105 Å². The van der Waals surface area contributed by atoms with Gasteiger partial charge in [0.15, 0.2) is 0 Å². The average Bonchev–Trinajstić information content (AvgIpc) is 2.09. The molecule has 0 aliphatic heterocycles. The summed E-state index contributed by atoms with van der Waals surface area (Å²) in [5, 5.41) is 18.9. The Morgan fingerprint density at radius 3 is 2.00 bits per heavy atom.